The average Bonchev–Trinajstić information content (AvgIpc) is 2.73. The smallest absolute Gasteiger partial charge is 0.123 e. The van der Waals surface area contributed by atoms with E-state index in [2.05, 4.69) is 32.0 Å². The van der Waals surface area contributed by atoms with Gasteiger partial charge in [-0.05, 0) is 45.2 Å². The summed E-state index contributed by atoms with van der Waals surface area (Å²) >= 11 is 1.82. The highest BCUT2D eigenvalue weighted by Gasteiger charge is 2.22. The fourth-order valence-corrected chi connectivity index (χ4v) is 3.83. The number of aryl methyl sites for hydroxylation is 3. The number of hydrogen-bond donors (Lipinski definition) is 1. The summed E-state index contributed by atoms with van der Waals surface area (Å²) < 4.78 is 0. The van der Waals surface area contributed by atoms with Gasteiger partial charge in [0.15, 0.2) is 0 Å². The zero-order valence-electron chi connectivity index (χ0n) is 10.9. The predicted molar refractivity (Wildman–Crippen MR) is 76.9 cm³/mol. The van der Waals surface area contributed by atoms with Gasteiger partial charge < -0.3 is 5.73 Å². The molecule has 2 nitrogen and oxygen atoms in total. The molecule has 1 unspecified atom stereocenters. The number of aromatic nitrogens is 1. The van der Waals surface area contributed by atoms with E-state index in [1.54, 1.807) is 0 Å². The Hall–Kier alpha value is -1.19. The second kappa shape index (κ2) is 4.48. The highest BCUT2D eigenvalue weighted by atomic mass is 32.1. The van der Waals surface area contributed by atoms with E-state index in [9.17, 15) is 0 Å². The molecule has 0 spiro atoms. The summed E-state index contributed by atoms with van der Waals surface area (Å²) in [5, 5.41) is 1.13. The number of thiazole rings is 1. The molecule has 0 amide bonds. The maximum atomic E-state index is 6.14. The molecule has 0 aliphatic heterocycles. The maximum absolute atomic E-state index is 6.14. The average molecular weight is 258 g/mol. The minimum absolute atomic E-state index is 0.143. The van der Waals surface area contributed by atoms with E-state index in [-0.39, 0.29) is 6.04 Å². The fraction of sp³-hybridized carbons (Fsp3) is 0.400. The molecular formula is C15H18N2S. The number of nitrogens with two attached hydrogens (primary N) is 1. The largest absolute Gasteiger partial charge is 0.323 e. The lowest BCUT2D eigenvalue weighted by molar-refractivity contribution is 0.564. The quantitative estimate of drug-likeness (QED) is 0.845. The third-order valence-electron chi connectivity index (χ3n) is 3.47. The first-order chi connectivity index (χ1) is 8.63. The number of fused-ring (bicyclic) bond motifs is 1. The number of hydrogen-bond acceptors (Lipinski definition) is 3. The molecule has 2 aromatic rings. The van der Waals surface area contributed by atoms with Gasteiger partial charge in [-0.15, -0.1) is 11.3 Å². The zero-order chi connectivity index (χ0) is 12.7. The molecule has 2 N–H and O–H groups in total. The number of benzene rings is 1. The highest BCUT2D eigenvalue weighted by molar-refractivity contribution is 7.15. The van der Waals surface area contributed by atoms with Gasteiger partial charge in [0.1, 0.15) is 5.01 Å². The van der Waals surface area contributed by atoms with Crippen LogP contribution in [0.5, 0.6) is 0 Å². The molecule has 1 atom stereocenters. The molecule has 1 aromatic heterocycles. The minimum Gasteiger partial charge on any atom is -0.323 e. The van der Waals surface area contributed by atoms with Crippen LogP contribution in [-0.2, 0) is 6.42 Å². The van der Waals surface area contributed by atoms with E-state index in [1.807, 2.05) is 11.3 Å². The standard InChI is InChI=1S/C15H18N2S/c1-9-6-10(2)8-11(7-9)15-17-14-12(16)4-3-5-13(14)18-15/h6-8,12H,3-5,16H2,1-2H3. The third-order valence-corrected chi connectivity index (χ3v) is 4.65. The van der Waals surface area contributed by atoms with E-state index in [0.29, 0.717) is 0 Å². The van der Waals surface area contributed by atoms with Gasteiger partial charge in [-0.2, -0.15) is 0 Å². The van der Waals surface area contributed by atoms with Crippen LogP contribution in [0.15, 0.2) is 18.2 Å². The Bertz CT molecular complexity index is 566. The lowest BCUT2D eigenvalue weighted by Gasteiger charge is -2.15. The van der Waals surface area contributed by atoms with Crippen molar-refractivity contribution >= 4 is 11.3 Å². The monoisotopic (exact) mass is 258 g/mol. The Kier molecular flexibility index (Phi) is 2.96. The van der Waals surface area contributed by atoms with Crippen molar-refractivity contribution in [1.82, 2.24) is 4.98 Å². The van der Waals surface area contributed by atoms with Crippen LogP contribution < -0.4 is 5.73 Å². The molecule has 0 fully saturated rings. The highest BCUT2D eigenvalue weighted by Crippen LogP contribution is 2.36. The molecule has 0 saturated heterocycles. The van der Waals surface area contributed by atoms with Gasteiger partial charge in [-0.25, -0.2) is 4.98 Å². The molecule has 0 radical (unpaired) electrons. The van der Waals surface area contributed by atoms with E-state index in [0.717, 1.165) is 23.5 Å². The van der Waals surface area contributed by atoms with Gasteiger partial charge in [0.25, 0.3) is 0 Å². The van der Waals surface area contributed by atoms with Crippen LogP contribution in [0.2, 0.25) is 0 Å². The normalized spacial score (nSPS) is 18.7. The van der Waals surface area contributed by atoms with Crippen molar-refractivity contribution in [3.8, 4) is 10.6 Å². The summed E-state index contributed by atoms with van der Waals surface area (Å²) in [7, 11) is 0. The maximum Gasteiger partial charge on any atom is 0.123 e. The molecule has 1 heterocycles. The molecule has 0 bridgehead atoms. The molecular weight excluding hydrogens is 240 g/mol. The minimum atomic E-state index is 0.143. The van der Waals surface area contributed by atoms with Gasteiger partial charge in [0.2, 0.25) is 0 Å². The van der Waals surface area contributed by atoms with E-state index < -0.39 is 0 Å². The molecule has 18 heavy (non-hydrogen) atoms. The summed E-state index contributed by atoms with van der Waals surface area (Å²) in [6.07, 6.45) is 3.41. The van der Waals surface area contributed by atoms with Crippen LogP contribution in [0.4, 0.5) is 0 Å². The molecule has 1 aliphatic carbocycles. The number of nitrogens with zero attached hydrogens (tertiary/aromatic N) is 1. The second-order valence-electron chi connectivity index (χ2n) is 5.20. The summed E-state index contributed by atoms with van der Waals surface area (Å²) in [6, 6.07) is 6.76. The Morgan fingerprint density at radius 3 is 2.61 bits per heavy atom. The van der Waals surface area contributed by atoms with Crippen LogP contribution in [0.3, 0.4) is 0 Å². The Balaban J connectivity index is 2.07. The van der Waals surface area contributed by atoms with Gasteiger partial charge in [-0.1, -0.05) is 17.2 Å². The van der Waals surface area contributed by atoms with Gasteiger partial charge in [-0.3, -0.25) is 0 Å². The van der Waals surface area contributed by atoms with Crippen molar-refractivity contribution < 1.29 is 0 Å². The Morgan fingerprint density at radius 2 is 1.94 bits per heavy atom. The van der Waals surface area contributed by atoms with Crippen molar-refractivity contribution in [2.75, 3.05) is 0 Å². The topological polar surface area (TPSA) is 38.9 Å². The third kappa shape index (κ3) is 2.08. The van der Waals surface area contributed by atoms with Crippen molar-refractivity contribution in [3.63, 3.8) is 0 Å². The summed E-state index contributed by atoms with van der Waals surface area (Å²) in [5.41, 5.74) is 11.1. The van der Waals surface area contributed by atoms with Gasteiger partial charge in [0.05, 0.1) is 5.69 Å². The van der Waals surface area contributed by atoms with Crippen molar-refractivity contribution in [3.05, 3.63) is 39.9 Å². The van der Waals surface area contributed by atoms with E-state index >= 15 is 0 Å². The fourth-order valence-electron chi connectivity index (χ4n) is 2.67. The first kappa shape index (κ1) is 11.9. The van der Waals surface area contributed by atoms with Crippen LogP contribution >= 0.6 is 11.3 Å². The lowest BCUT2D eigenvalue weighted by Crippen LogP contribution is -2.16. The molecule has 1 aromatic carbocycles. The van der Waals surface area contributed by atoms with E-state index in [1.165, 1.54) is 28.0 Å². The summed E-state index contributed by atoms with van der Waals surface area (Å²) in [4.78, 5) is 6.17. The Labute approximate surface area is 112 Å². The second-order valence-corrected chi connectivity index (χ2v) is 6.29. The lowest BCUT2D eigenvalue weighted by atomic mass is 9.98. The van der Waals surface area contributed by atoms with Crippen LogP contribution in [0.1, 0.15) is 40.6 Å². The van der Waals surface area contributed by atoms with Crippen molar-refractivity contribution in [2.45, 2.75) is 39.2 Å². The predicted octanol–water partition coefficient (Wildman–Crippen LogP) is 3.76. The van der Waals surface area contributed by atoms with Crippen LogP contribution in [0.25, 0.3) is 10.6 Å². The van der Waals surface area contributed by atoms with Crippen molar-refractivity contribution in [2.24, 2.45) is 5.73 Å². The SMILES string of the molecule is Cc1cc(C)cc(-c2nc3c(s2)CCCC3N)c1. The van der Waals surface area contributed by atoms with Gasteiger partial charge in [0, 0.05) is 16.5 Å². The molecule has 3 heteroatoms. The van der Waals surface area contributed by atoms with Gasteiger partial charge >= 0.3 is 0 Å². The zero-order valence-corrected chi connectivity index (χ0v) is 11.7. The van der Waals surface area contributed by atoms with Crippen LogP contribution in [0, 0.1) is 13.8 Å². The molecule has 1 aliphatic rings. The summed E-state index contributed by atoms with van der Waals surface area (Å²) in [6.45, 7) is 4.27. The van der Waals surface area contributed by atoms with Crippen molar-refractivity contribution in [1.29, 1.82) is 0 Å². The molecule has 3 rings (SSSR count). The first-order valence-electron chi connectivity index (χ1n) is 6.47. The summed E-state index contributed by atoms with van der Waals surface area (Å²) in [5.74, 6) is 0. The Morgan fingerprint density at radius 1 is 1.22 bits per heavy atom. The number of rotatable bonds is 1. The molecule has 0 saturated carbocycles. The molecule has 94 valence electrons. The van der Waals surface area contributed by atoms with E-state index in [4.69, 9.17) is 10.7 Å². The van der Waals surface area contributed by atoms with Crippen LogP contribution in [-0.4, -0.2) is 4.98 Å². The first-order valence-corrected chi connectivity index (χ1v) is 7.29.